The van der Waals surface area contributed by atoms with Crippen LogP contribution in [0.3, 0.4) is 0 Å². The molecular weight excluding hydrogens is 300 g/mol. The number of aromatic nitrogens is 1. The molecule has 122 valence electrons. The maximum atomic E-state index is 12.0. The van der Waals surface area contributed by atoms with Crippen molar-refractivity contribution < 1.29 is 23.8 Å². The van der Waals surface area contributed by atoms with Gasteiger partial charge in [-0.15, -0.1) is 0 Å². The van der Waals surface area contributed by atoms with Gasteiger partial charge in [0, 0.05) is 5.56 Å². The third-order valence-electron chi connectivity index (χ3n) is 2.81. The summed E-state index contributed by atoms with van der Waals surface area (Å²) < 4.78 is 10.6. The first-order valence-corrected chi connectivity index (χ1v) is 6.97. The van der Waals surface area contributed by atoms with E-state index in [9.17, 15) is 14.7 Å². The summed E-state index contributed by atoms with van der Waals surface area (Å²) in [5.74, 6) is -2.16. The molecule has 2 aromatic rings. The van der Waals surface area contributed by atoms with E-state index in [1.807, 2.05) is 0 Å². The van der Waals surface area contributed by atoms with Crippen molar-refractivity contribution in [2.45, 2.75) is 32.4 Å². The Morgan fingerprint density at radius 1 is 1.26 bits per heavy atom. The third-order valence-corrected chi connectivity index (χ3v) is 2.81. The van der Waals surface area contributed by atoms with Crippen molar-refractivity contribution in [1.82, 2.24) is 4.98 Å². The first-order valence-electron chi connectivity index (χ1n) is 6.97. The zero-order chi connectivity index (χ0) is 17.2. The summed E-state index contributed by atoms with van der Waals surface area (Å²) in [5, 5.41) is 9.27. The molecule has 1 aromatic heterocycles. The lowest BCUT2D eigenvalue weighted by Crippen LogP contribution is -2.31. The topological polar surface area (TPSA) is 116 Å². The Kier molecular flexibility index (Phi) is 4.51. The molecular formula is C16H18N2O5. The van der Waals surface area contributed by atoms with Gasteiger partial charge in [0.2, 0.25) is 5.89 Å². The summed E-state index contributed by atoms with van der Waals surface area (Å²) in [4.78, 5) is 27.2. The molecule has 7 nitrogen and oxygen atoms in total. The van der Waals surface area contributed by atoms with Crippen LogP contribution in [0.4, 0.5) is 0 Å². The van der Waals surface area contributed by atoms with Gasteiger partial charge in [-0.25, -0.2) is 14.6 Å². The Bertz CT molecular complexity index is 716. The monoisotopic (exact) mass is 318 g/mol. The van der Waals surface area contributed by atoms with Gasteiger partial charge in [0.25, 0.3) is 0 Å². The third kappa shape index (κ3) is 3.95. The predicted octanol–water partition coefficient (Wildman–Crippen LogP) is 2.38. The van der Waals surface area contributed by atoms with Gasteiger partial charge in [-0.3, -0.25) is 0 Å². The zero-order valence-corrected chi connectivity index (χ0v) is 13.1. The smallest absolute Gasteiger partial charge is 0.358 e. The standard InChI is InChI=1S/C16H18N2O5/c1-16(2,3)23-15(21)10(17)13-18-11(14(19)20)12(22-13)9-7-5-4-6-8-9/h4-8,10H,17H2,1-3H3,(H,19,20). The summed E-state index contributed by atoms with van der Waals surface area (Å²) in [6.45, 7) is 5.10. The van der Waals surface area contributed by atoms with Crippen LogP contribution in [-0.4, -0.2) is 27.6 Å². The van der Waals surface area contributed by atoms with E-state index in [2.05, 4.69) is 4.98 Å². The number of benzene rings is 1. The summed E-state index contributed by atoms with van der Waals surface area (Å²) in [6.07, 6.45) is 0. The van der Waals surface area contributed by atoms with Crippen molar-refractivity contribution in [3.05, 3.63) is 41.9 Å². The second-order valence-electron chi connectivity index (χ2n) is 5.91. The Labute approximate surface area is 133 Å². The number of hydrogen-bond acceptors (Lipinski definition) is 6. The molecule has 0 saturated carbocycles. The van der Waals surface area contributed by atoms with E-state index in [1.165, 1.54) is 0 Å². The molecule has 7 heteroatoms. The molecule has 0 saturated heterocycles. The molecule has 0 bridgehead atoms. The fourth-order valence-electron chi connectivity index (χ4n) is 1.87. The minimum atomic E-state index is -1.30. The number of carboxylic acid groups (broad SMARTS) is 1. The number of oxazole rings is 1. The van der Waals surface area contributed by atoms with Gasteiger partial charge in [0.1, 0.15) is 5.60 Å². The second kappa shape index (κ2) is 6.21. The second-order valence-corrected chi connectivity index (χ2v) is 5.91. The number of carboxylic acids is 1. The molecule has 0 radical (unpaired) electrons. The molecule has 1 aromatic carbocycles. The number of hydrogen-bond donors (Lipinski definition) is 2. The van der Waals surface area contributed by atoms with Crippen molar-refractivity contribution in [2.24, 2.45) is 5.73 Å². The molecule has 0 aliphatic rings. The van der Waals surface area contributed by atoms with Crippen LogP contribution in [0, 0.1) is 0 Å². The minimum absolute atomic E-state index is 0.0482. The largest absolute Gasteiger partial charge is 0.476 e. The number of ether oxygens (including phenoxy) is 1. The summed E-state index contributed by atoms with van der Waals surface area (Å²) in [7, 11) is 0. The van der Waals surface area contributed by atoms with Crippen molar-refractivity contribution >= 4 is 11.9 Å². The van der Waals surface area contributed by atoms with E-state index >= 15 is 0 Å². The maximum absolute atomic E-state index is 12.0. The number of carbonyl (C=O) groups is 2. The number of esters is 1. The Morgan fingerprint density at radius 2 is 1.87 bits per heavy atom. The number of nitrogens with zero attached hydrogens (tertiary/aromatic N) is 1. The molecule has 0 aliphatic carbocycles. The Hall–Kier alpha value is -2.67. The van der Waals surface area contributed by atoms with Gasteiger partial charge in [0.15, 0.2) is 17.5 Å². The first kappa shape index (κ1) is 16.7. The van der Waals surface area contributed by atoms with Crippen LogP contribution < -0.4 is 5.73 Å². The van der Waals surface area contributed by atoms with E-state index < -0.39 is 23.6 Å². The molecule has 1 atom stereocenters. The summed E-state index contributed by atoms with van der Waals surface area (Å²) >= 11 is 0. The molecule has 3 N–H and O–H groups in total. The molecule has 1 heterocycles. The van der Waals surface area contributed by atoms with E-state index in [4.69, 9.17) is 14.9 Å². The van der Waals surface area contributed by atoms with Gasteiger partial charge < -0.3 is 20.0 Å². The van der Waals surface area contributed by atoms with Crippen LogP contribution >= 0.6 is 0 Å². The van der Waals surface area contributed by atoms with Crippen LogP contribution in [-0.2, 0) is 9.53 Å². The van der Waals surface area contributed by atoms with Crippen LogP contribution in [0.25, 0.3) is 11.3 Å². The summed E-state index contributed by atoms with van der Waals surface area (Å²) in [6, 6.07) is 7.30. The highest BCUT2D eigenvalue weighted by molar-refractivity contribution is 5.92. The zero-order valence-electron chi connectivity index (χ0n) is 13.1. The average Bonchev–Trinajstić information content (AvgIpc) is 2.91. The van der Waals surface area contributed by atoms with E-state index in [-0.39, 0.29) is 17.3 Å². The normalized spacial score (nSPS) is 12.7. The highest BCUT2D eigenvalue weighted by Gasteiger charge is 2.30. The van der Waals surface area contributed by atoms with Crippen molar-refractivity contribution in [3.8, 4) is 11.3 Å². The number of aromatic carboxylic acids is 1. The van der Waals surface area contributed by atoms with Gasteiger partial charge in [0.05, 0.1) is 0 Å². The Balaban J connectivity index is 2.38. The fourth-order valence-corrected chi connectivity index (χ4v) is 1.87. The van der Waals surface area contributed by atoms with Crippen LogP contribution in [0.15, 0.2) is 34.7 Å². The van der Waals surface area contributed by atoms with Gasteiger partial charge in [-0.05, 0) is 20.8 Å². The molecule has 0 amide bonds. The lowest BCUT2D eigenvalue weighted by atomic mass is 10.1. The minimum Gasteiger partial charge on any atom is -0.476 e. The molecule has 0 spiro atoms. The predicted molar refractivity (Wildman–Crippen MR) is 81.7 cm³/mol. The molecule has 2 rings (SSSR count). The lowest BCUT2D eigenvalue weighted by molar-refractivity contribution is -0.157. The number of rotatable bonds is 4. The van der Waals surface area contributed by atoms with Gasteiger partial charge in [-0.1, -0.05) is 30.3 Å². The molecule has 0 fully saturated rings. The van der Waals surface area contributed by atoms with E-state index in [1.54, 1.807) is 51.1 Å². The fraction of sp³-hybridized carbons (Fsp3) is 0.312. The van der Waals surface area contributed by atoms with Gasteiger partial charge >= 0.3 is 11.9 Å². The van der Waals surface area contributed by atoms with Gasteiger partial charge in [-0.2, -0.15) is 0 Å². The van der Waals surface area contributed by atoms with Crippen LogP contribution in [0.2, 0.25) is 0 Å². The summed E-state index contributed by atoms with van der Waals surface area (Å²) in [5.41, 5.74) is 5.29. The number of carbonyl (C=O) groups excluding carboxylic acids is 1. The molecule has 0 aliphatic heterocycles. The SMILES string of the molecule is CC(C)(C)OC(=O)C(N)c1nc(C(=O)O)c(-c2ccccc2)o1. The highest BCUT2D eigenvalue weighted by atomic mass is 16.6. The molecule has 23 heavy (non-hydrogen) atoms. The van der Waals surface area contributed by atoms with E-state index in [0.717, 1.165) is 0 Å². The van der Waals surface area contributed by atoms with Crippen LogP contribution in [0.5, 0.6) is 0 Å². The highest BCUT2D eigenvalue weighted by Crippen LogP contribution is 2.27. The number of nitrogens with two attached hydrogens (primary N) is 1. The lowest BCUT2D eigenvalue weighted by Gasteiger charge is -2.20. The van der Waals surface area contributed by atoms with Crippen molar-refractivity contribution in [3.63, 3.8) is 0 Å². The van der Waals surface area contributed by atoms with E-state index in [0.29, 0.717) is 5.56 Å². The van der Waals surface area contributed by atoms with Crippen molar-refractivity contribution in [2.75, 3.05) is 0 Å². The molecule has 1 unspecified atom stereocenters. The maximum Gasteiger partial charge on any atom is 0.358 e. The van der Waals surface area contributed by atoms with Crippen molar-refractivity contribution in [1.29, 1.82) is 0 Å². The quantitative estimate of drug-likeness (QED) is 0.831. The first-order chi connectivity index (χ1) is 10.7. The van der Waals surface area contributed by atoms with Crippen LogP contribution in [0.1, 0.15) is 43.2 Å². The Morgan fingerprint density at radius 3 is 2.39 bits per heavy atom. The average molecular weight is 318 g/mol.